The summed E-state index contributed by atoms with van der Waals surface area (Å²) in [5.41, 5.74) is 6.94. The minimum absolute atomic E-state index is 0.0237. The quantitative estimate of drug-likeness (QED) is 0.0433. The van der Waals surface area contributed by atoms with Gasteiger partial charge in [0.2, 0.25) is 5.89 Å². The number of β-lactam (4-membered cyclic amide) rings is 1. The van der Waals surface area contributed by atoms with Crippen LogP contribution in [0, 0.1) is 0 Å². The van der Waals surface area contributed by atoms with E-state index in [2.05, 4.69) is 25.7 Å². The lowest BCUT2D eigenvalue weighted by Crippen LogP contribution is -2.71. The molecular formula is C28H23N7O9S3. The normalized spacial score (nSPS) is 17.7. The Morgan fingerprint density at radius 1 is 1.15 bits per heavy atom. The number of amides is 2. The Morgan fingerprint density at radius 3 is 2.64 bits per heavy atom. The highest BCUT2D eigenvalue weighted by molar-refractivity contribution is 8.01. The Kier molecular flexibility index (Phi) is 8.92. The van der Waals surface area contributed by atoms with Crippen molar-refractivity contribution in [1.82, 2.24) is 25.4 Å². The number of carboxylic acids is 1. The number of oxime groups is 1. The molecular weight excluding hydrogens is 675 g/mol. The number of hydrogen-bond acceptors (Lipinski definition) is 16. The average molecular weight is 698 g/mol. The first-order valence-electron chi connectivity index (χ1n) is 13.5. The molecule has 2 aliphatic rings. The minimum Gasteiger partial charge on any atom is -0.508 e. The molecule has 242 valence electrons. The molecule has 2 aromatic carbocycles. The molecule has 19 heteroatoms. The van der Waals surface area contributed by atoms with Crippen LogP contribution in [0.15, 0.2) is 73.9 Å². The summed E-state index contributed by atoms with van der Waals surface area (Å²) in [6.45, 7) is -0.0237. The van der Waals surface area contributed by atoms with Crippen molar-refractivity contribution >= 4 is 63.5 Å². The number of carbonyl (C=O) groups is 3. The van der Waals surface area contributed by atoms with E-state index < -0.39 is 29.2 Å². The molecule has 2 aromatic heterocycles. The van der Waals surface area contributed by atoms with Gasteiger partial charge in [0.05, 0.1) is 0 Å². The molecule has 0 radical (unpaired) electrons. The number of thioether (sulfide) groups is 2. The Bertz CT molecular complexity index is 1930. The fourth-order valence-electron chi connectivity index (χ4n) is 4.56. The average Bonchev–Trinajstić information content (AvgIpc) is 3.71. The molecule has 4 aromatic rings. The number of phenols is 3. The number of rotatable bonds is 11. The zero-order chi connectivity index (χ0) is 33.2. The van der Waals surface area contributed by atoms with Crippen molar-refractivity contribution in [2.45, 2.75) is 23.2 Å². The molecule has 2 atom stereocenters. The summed E-state index contributed by atoms with van der Waals surface area (Å²) in [5.74, 6) is -2.84. The predicted molar refractivity (Wildman–Crippen MR) is 169 cm³/mol. The van der Waals surface area contributed by atoms with E-state index in [1.54, 1.807) is 12.1 Å². The number of fused-ring (bicyclic) bond motifs is 1. The van der Waals surface area contributed by atoms with Crippen molar-refractivity contribution in [3.63, 3.8) is 0 Å². The van der Waals surface area contributed by atoms with E-state index in [0.717, 1.165) is 28.0 Å². The molecule has 0 bridgehead atoms. The van der Waals surface area contributed by atoms with Crippen molar-refractivity contribution in [3.05, 3.63) is 70.4 Å². The second-order valence-corrected chi connectivity index (χ2v) is 12.9. The van der Waals surface area contributed by atoms with Crippen LogP contribution in [0.1, 0.15) is 11.3 Å². The predicted octanol–water partition coefficient (Wildman–Crippen LogP) is 2.34. The lowest BCUT2D eigenvalue weighted by Gasteiger charge is -2.49. The topological polar surface area (TPSA) is 247 Å². The van der Waals surface area contributed by atoms with Gasteiger partial charge in [-0.1, -0.05) is 29.1 Å². The number of nitrogens with one attached hydrogen (secondary N) is 1. The van der Waals surface area contributed by atoms with Gasteiger partial charge >= 0.3 is 5.97 Å². The minimum atomic E-state index is -1.31. The summed E-state index contributed by atoms with van der Waals surface area (Å²) in [6.07, 6.45) is 0. The molecule has 0 spiro atoms. The number of anilines is 1. The standard InChI is InChI=1S/C28H23N7O9S3/c29-27-30-16(11-46-27)19(34-43-8-12-1-4-15(36)5-2-12)22(39)31-20-24(40)35-21(26(41)42)14(9-45-25(20)35)10-47-28-33-32-23(44-28)13-3-6-17(37)18(38)7-13/h1-7,11,20,25,36-38H,8-10H2,(H2,29,30)(H,31,39)(H,41,42)/t20-,25-/m1/s1. The van der Waals surface area contributed by atoms with Crippen LogP contribution in [0.3, 0.4) is 0 Å². The zero-order valence-electron chi connectivity index (χ0n) is 23.8. The van der Waals surface area contributed by atoms with Crippen molar-refractivity contribution in [3.8, 4) is 28.7 Å². The second kappa shape index (κ2) is 13.2. The summed E-state index contributed by atoms with van der Waals surface area (Å²) < 4.78 is 5.61. The number of benzene rings is 2. The Hall–Kier alpha value is -5.27. The highest BCUT2D eigenvalue weighted by Crippen LogP contribution is 2.42. The van der Waals surface area contributed by atoms with Crippen LogP contribution in [0.2, 0.25) is 0 Å². The Labute approximate surface area is 276 Å². The van der Waals surface area contributed by atoms with Crippen LogP contribution in [-0.4, -0.2) is 86.9 Å². The molecule has 0 aliphatic carbocycles. The van der Waals surface area contributed by atoms with Gasteiger partial charge in [0.25, 0.3) is 17.0 Å². The SMILES string of the molecule is Nc1nc(C(=NOCc2ccc(O)cc2)C(=O)N[C@@H]2C(=O)N3C(C(=O)O)=C(CSc4nnc(-c5ccc(O)c(O)c5)o4)CS[C@H]23)cs1. The highest BCUT2D eigenvalue weighted by atomic mass is 32.2. The molecule has 6 rings (SSSR count). The molecule has 2 amide bonds. The van der Waals surface area contributed by atoms with Crippen LogP contribution in [0.25, 0.3) is 11.5 Å². The van der Waals surface area contributed by atoms with Crippen LogP contribution in [-0.2, 0) is 25.8 Å². The van der Waals surface area contributed by atoms with Gasteiger partial charge in [0.15, 0.2) is 22.3 Å². The lowest BCUT2D eigenvalue weighted by atomic mass is 10.0. The van der Waals surface area contributed by atoms with Crippen LogP contribution >= 0.6 is 34.9 Å². The maximum Gasteiger partial charge on any atom is 0.352 e. The third kappa shape index (κ3) is 6.67. The fraction of sp³-hybridized carbons (Fsp3) is 0.179. The van der Waals surface area contributed by atoms with Crippen molar-refractivity contribution in [1.29, 1.82) is 0 Å². The molecule has 2 aliphatic heterocycles. The van der Waals surface area contributed by atoms with Crippen LogP contribution in [0.4, 0.5) is 5.13 Å². The second-order valence-electron chi connectivity index (χ2n) is 9.93. The van der Waals surface area contributed by atoms with Gasteiger partial charge in [-0.15, -0.1) is 33.3 Å². The maximum absolute atomic E-state index is 13.3. The number of phenolic OH excluding ortho intramolecular Hbond substituents is 3. The van der Waals surface area contributed by atoms with Crippen LogP contribution in [0.5, 0.6) is 17.2 Å². The van der Waals surface area contributed by atoms with E-state index >= 15 is 0 Å². The summed E-state index contributed by atoms with van der Waals surface area (Å²) in [5, 5.41) is 54.3. The van der Waals surface area contributed by atoms with Crippen molar-refractivity contribution in [2.75, 3.05) is 17.2 Å². The number of nitrogens with zero attached hydrogens (tertiary/aromatic N) is 5. The Morgan fingerprint density at radius 2 is 1.94 bits per heavy atom. The van der Waals surface area contributed by atoms with Crippen LogP contribution < -0.4 is 11.1 Å². The van der Waals surface area contributed by atoms with E-state index in [1.807, 2.05) is 0 Å². The van der Waals surface area contributed by atoms with Gasteiger partial charge in [0, 0.05) is 22.4 Å². The molecule has 0 saturated carbocycles. The summed E-state index contributed by atoms with van der Waals surface area (Å²) in [4.78, 5) is 49.5. The van der Waals surface area contributed by atoms with E-state index in [0.29, 0.717) is 16.7 Å². The fourth-order valence-corrected chi connectivity index (χ4v) is 7.35. The van der Waals surface area contributed by atoms with Crippen molar-refractivity contribution in [2.24, 2.45) is 5.16 Å². The smallest absolute Gasteiger partial charge is 0.352 e. The third-order valence-corrected chi connectivity index (χ3v) is 9.76. The van der Waals surface area contributed by atoms with E-state index in [-0.39, 0.29) is 68.7 Å². The molecule has 7 N–H and O–H groups in total. The summed E-state index contributed by atoms with van der Waals surface area (Å²) in [7, 11) is 0. The number of carbonyl (C=O) groups excluding carboxylic acids is 2. The molecule has 1 fully saturated rings. The summed E-state index contributed by atoms with van der Waals surface area (Å²) in [6, 6.07) is 9.17. The molecule has 1 saturated heterocycles. The molecule has 0 unspecified atom stereocenters. The number of thiazole rings is 1. The maximum atomic E-state index is 13.3. The van der Waals surface area contributed by atoms with Gasteiger partial charge in [-0.25, -0.2) is 9.78 Å². The number of nitrogens with two attached hydrogens (primary N) is 1. The summed E-state index contributed by atoms with van der Waals surface area (Å²) >= 11 is 3.43. The van der Waals surface area contributed by atoms with Gasteiger partial charge in [-0.3, -0.25) is 14.5 Å². The Balaban J connectivity index is 1.13. The first-order chi connectivity index (χ1) is 22.6. The van der Waals surface area contributed by atoms with E-state index in [1.165, 1.54) is 47.5 Å². The number of aromatic hydroxyl groups is 3. The highest BCUT2D eigenvalue weighted by Gasteiger charge is 2.54. The number of hydrogen-bond donors (Lipinski definition) is 6. The third-order valence-electron chi connectivity index (χ3n) is 6.84. The van der Waals surface area contributed by atoms with Gasteiger partial charge in [0.1, 0.15) is 35.2 Å². The number of nitrogen functional groups attached to an aromatic ring is 1. The monoisotopic (exact) mass is 697 g/mol. The lowest BCUT2D eigenvalue weighted by molar-refractivity contribution is -0.150. The van der Waals surface area contributed by atoms with Gasteiger partial charge in [-0.2, -0.15) is 0 Å². The van der Waals surface area contributed by atoms with Gasteiger partial charge in [-0.05, 0) is 41.5 Å². The molecule has 4 heterocycles. The van der Waals surface area contributed by atoms with E-state index in [4.69, 9.17) is 15.0 Å². The number of carboxylic acid groups (broad SMARTS) is 1. The molecule has 47 heavy (non-hydrogen) atoms. The first-order valence-corrected chi connectivity index (χ1v) is 16.4. The number of aliphatic carboxylic acids is 1. The largest absolute Gasteiger partial charge is 0.508 e. The zero-order valence-corrected chi connectivity index (χ0v) is 26.2. The first kappa shape index (κ1) is 31.7. The molecule has 16 nitrogen and oxygen atoms in total. The number of aromatic nitrogens is 3. The van der Waals surface area contributed by atoms with Gasteiger partial charge < -0.3 is 40.7 Å². The van der Waals surface area contributed by atoms with Crippen molar-refractivity contribution < 1.29 is 44.1 Å². The van der Waals surface area contributed by atoms with E-state index in [9.17, 15) is 34.8 Å².